The van der Waals surface area contributed by atoms with Crippen LogP contribution in [-0.4, -0.2) is 36.1 Å². The minimum atomic E-state index is -4.16. The van der Waals surface area contributed by atoms with Gasteiger partial charge < -0.3 is 4.57 Å². The summed E-state index contributed by atoms with van der Waals surface area (Å²) in [6.45, 7) is 8.45. The summed E-state index contributed by atoms with van der Waals surface area (Å²) in [4.78, 5) is 12.5. The van der Waals surface area contributed by atoms with E-state index in [1.807, 2.05) is 0 Å². The Balaban J connectivity index is 2.33. The topological polar surface area (TPSA) is 131 Å². The summed E-state index contributed by atoms with van der Waals surface area (Å²) < 4.78 is 84.7. The van der Waals surface area contributed by atoms with E-state index in [0.29, 0.717) is 11.1 Å². The number of anilines is 1. The molecular weight excluding hydrogens is 613 g/mol. The first kappa shape index (κ1) is 32.9. The Kier molecular flexibility index (Phi) is 9.91. The zero-order valence-corrected chi connectivity index (χ0v) is 26.7. The third kappa shape index (κ3) is 8.04. The maximum atomic E-state index is 13.8. The number of nitrogens with one attached hydrogen (secondary N) is 2. The van der Waals surface area contributed by atoms with E-state index >= 15 is 0 Å². The molecule has 3 aromatic rings. The number of rotatable bonds is 10. The quantitative estimate of drug-likeness (QED) is 0.329. The number of sulfone groups is 1. The van der Waals surface area contributed by atoms with Crippen LogP contribution in [0.2, 0.25) is 5.02 Å². The van der Waals surface area contributed by atoms with Crippen molar-refractivity contribution in [2.24, 2.45) is 7.05 Å². The summed E-state index contributed by atoms with van der Waals surface area (Å²) in [5, 5.41) is -0.158. The monoisotopic (exact) mass is 645 g/mol. The average Bonchev–Trinajstić information content (AvgIpc) is 2.87. The van der Waals surface area contributed by atoms with Gasteiger partial charge >= 0.3 is 0 Å². The lowest BCUT2D eigenvalue weighted by atomic mass is 9.97. The summed E-state index contributed by atoms with van der Waals surface area (Å²) >= 11 is 6.41. The molecule has 0 amide bonds. The molecule has 2 aromatic carbocycles. The van der Waals surface area contributed by atoms with Crippen LogP contribution in [0.1, 0.15) is 51.8 Å². The largest absolute Gasteiger partial charge is 0.318 e. The van der Waals surface area contributed by atoms with Gasteiger partial charge in [0.1, 0.15) is 5.82 Å². The predicted octanol–water partition coefficient (Wildman–Crippen LogP) is 4.69. The molecule has 41 heavy (non-hydrogen) atoms. The Morgan fingerprint density at radius 1 is 1.05 bits per heavy atom. The van der Waals surface area contributed by atoms with E-state index in [1.54, 1.807) is 27.7 Å². The van der Waals surface area contributed by atoms with Gasteiger partial charge in [-0.2, -0.15) is 0 Å². The molecule has 0 saturated heterocycles. The van der Waals surface area contributed by atoms with Crippen LogP contribution in [0, 0.1) is 5.82 Å². The van der Waals surface area contributed by atoms with E-state index in [9.17, 15) is 30.2 Å². The zero-order valence-electron chi connectivity index (χ0n) is 23.5. The molecule has 14 heteroatoms. The van der Waals surface area contributed by atoms with Gasteiger partial charge in [0, 0.05) is 36.5 Å². The Morgan fingerprint density at radius 3 is 2.22 bits per heavy atom. The van der Waals surface area contributed by atoms with Gasteiger partial charge in [0.2, 0.25) is 10.0 Å². The van der Waals surface area contributed by atoms with Crippen molar-refractivity contribution in [3.8, 4) is 11.1 Å². The van der Waals surface area contributed by atoms with Gasteiger partial charge in [0.15, 0.2) is 9.84 Å². The van der Waals surface area contributed by atoms with Crippen LogP contribution in [0.5, 0.6) is 0 Å². The molecule has 0 spiro atoms. The minimum Gasteiger partial charge on any atom is -0.318 e. The molecule has 1 heterocycles. The third-order valence-corrected chi connectivity index (χ3v) is 11.2. The molecule has 0 radical (unpaired) electrons. The normalized spacial score (nSPS) is 14.0. The highest BCUT2D eigenvalue weighted by Crippen LogP contribution is 2.39. The van der Waals surface area contributed by atoms with Crippen LogP contribution in [0.15, 0.2) is 58.4 Å². The fourth-order valence-electron chi connectivity index (χ4n) is 3.85. The van der Waals surface area contributed by atoms with Crippen molar-refractivity contribution in [2.75, 3.05) is 10.5 Å². The van der Waals surface area contributed by atoms with Crippen LogP contribution in [0.3, 0.4) is 0 Å². The first-order valence-electron chi connectivity index (χ1n) is 12.5. The van der Waals surface area contributed by atoms with Gasteiger partial charge in [-0.1, -0.05) is 23.7 Å². The highest BCUT2D eigenvalue weighted by molar-refractivity contribution is 7.92. The maximum Gasteiger partial charge on any atom is 0.250 e. The van der Waals surface area contributed by atoms with Crippen LogP contribution in [-0.2, 0) is 43.6 Å². The first-order chi connectivity index (χ1) is 18.8. The molecule has 0 saturated carbocycles. The maximum absolute atomic E-state index is 13.8. The second-order valence-electron chi connectivity index (χ2n) is 10.5. The molecule has 0 aliphatic rings. The SMILES string of the molecule is CCS(=O)(=O)Nc1cc(-c2cn(C)c(=O)cc2[C@H](C)N[S@@](=O)C(C)(C)C)c(S(=O)(=O)Cc2ccc(F)cc2)cc1Cl. The van der Waals surface area contributed by atoms with E-state index in [4.69, 9.17) is 11.6 Å². The second kappa shape index (κ2) is 12.3. The number of nitrogens with zero attached hydrogens (tertiary/aromatic N) is 1. The lowest BCUT2D eigenvalue weighted by Crippen LogP contribution is -2.35. The highest BCUT2D eigenvalue weighted by atomic mass is 35.5. The highest BCUT2D eigenvalue weighted by Gasteiger charge is 2.28. The molecule has 9 nitrogen and oxygen atoms in total. The molecule has 224 valence electrons. The summed E-state index contributed by atoms with van der Waals surface area (Å²) in [7, 11) is -8.00. The summed E-state index contributed by atoms with van der Waals surface area (Å²) in [6, 6.07) is 8.09. The van der Waals surface area contributed by atoms with Crippen molar-refractivity contribution >= 4 is 48.1 Å². The number of benzene rings is 2. The summed E-state index contributed by atoms with van der Waals surface area (Å²) in [5.41, 5.74) is 0.574. The summed E-state index contributed by atoms with van der Waals surface area (Å²) in [6.07, 6.45) is 1.44. The third-order valence-electron chi connectivity index (χ3n) is 6.18. The van der Waals surface area contributed by atoms with Crippen LogP contribution < -0.4 is 15.0 Å². The van der Waals surface area contributed by atoms with E-state index in [-0.39, 0.29) is 32.5 Å². The second-order valence-corrected chi connectivity index (χ2v) is 16.9. The molecule has 2 N–H and O–H groups in total. The predicted molar refractivity (Wildman–Crippen MR) is 162 cm³/mol. The lowest BCUT2D eigenvalue weighted by Gasteiger charge is -2.25. The number of pyridine rings is 1. The average molecular weight is 646 g/mol. The minimum absolute atomic E-state index is 0.0528. The van der Waals surface area contributed by atoms with Gasteiger partial charge in [0.25, 0.3) is 5.56 Å². The molecule has 2 atom stereocenters. The Bertz CT molecular complexity index is 1750. The fraction of sp³-hybridized carbons (Fsp3) is 0.370. The Labute approximate surface area is 247 Å². The number of aromatic nitrogens is 1. The zero-order chi connectivity index (χ0) is 30.9. The van der Waals surface area contributed by atoms with Gasteiger partial charge in [-0.05, 0) is 70.0 Å². The standard InChI is InChI=1S/C27H33ClFN3O6S3/c1-7-41(37,38)31-24-12-21(25(14-23(24)28)40(35,36)16-18-8-10-19(29)11-9-18)22-15-32(6)26(33)13-20(22)17(2)30-39(34)27(3,4)5/h8-15,17,30-31H,7,16H2,1-6H3/t17-,39-/m0/s1. The number of hydrogen-bond acceptors (Lipinski definition) is 6. The van der Waals surface area contributed by atoms with Crippen LogP contribution in [0.4, 0.5) is 10.1 Å². The Hall–Kier alpha value is -2.58. The van der Waals surface area contributed by atoms with Crippen LogP contribution >= 0.6 is 11.6 Å². The van der Waals surface area contributed by atoms with Crippen molar-refractivity contribution < 1.29 is 25.4 Å². The fourth-order valence-corrected chi connectivity index (χ4v) is 7.22. The molecular formula is C27H33ClFN3O6S3. The molecule has 0 bridgehead atoms. The molecule has 1 aromatic heterocycles. The van der Waals surface area contributed by atoms with Crippen molar-refractivity contribution in [1.82, 2.24) is 9.29 Å². The molecule has 0 aliphatic heterocycles. The van der Waals surface area contributed by atoms with E-state index in [0.717, 1.165) is 18.2 Å². The van der Waals surface area contributed by atoms with E-state index in [1.165, 1.54) is 49.0 Å². The van der Waals surface area contributed by atoms with E-state index in [2.05, 4.69) is 9.44 Å². The van der Waals surface area contributed by atoms with Gasteiger partial charge in [-0.3, -0.25) is 9.52 Å². The number of sulfonamides is 1. The van der Waals surface area contributed by atoms with Crippen molar-refractivity contribution in [1.29, 1.82) is 0 Å². The smallest absolute Gasteiger partial charge is 0.250 e. The number of aryl methyl sites for hydroxylation is 1. The number of hydrogen-bond donors (Lipinski definition) is 2. The van der Waals surface area contributed by atoms with Crippen molar-refractivity contribution in [3.63, 3.8) is 0 Å². The van der Waals surface area contributed by atoms with Crippen molar-refractivity contribution in [3.05, 3.63) is 81.0 Å². The molecule has 0 fully saturated rings. The molecule has 3 rings (SSSR count). The van der Waals surface area contributed by atoms with Gasteiger partial charge in [0.05, 0.1) is 42.8 Å². The van der Waals surface area contributed by atoms with Gasteiger partial charge in [-0.15, -0.1) is 0 Å². The first-order valence-corrected chi connectivity index (χ1v) is 17.4. The van der Waals surface area contributed by atoms with Gasteiger partial charge in [-0.25, -0.2) is 30.2 Å². The van der Waals surface area contributed by atoms with Crippen LogP contribution in [0.25, 0.3) is 11.1 Å². The molecule has 0 aliphatic carbocycles. The number of halogens is 2. The molecule has 0 unspecified atom stereocenters. The lowest BCUT2D eigenvalue weighted by molar-refractivity contribution is 0.594. The van der Waals surface area contributed by atoms with Crippen molar-refractivity contribution in [2.45, 2.75) is 56.1 Å². The summed E-state index contributed by atoms with van der Waals surface area (Å²) in [5.74, 6) is -1.28. The Morgan fingerprint density at radius 2 is 1.66 bits per heavy atom. The van der Waals surface area contributed by atoms with E-state index < -0.39 is 58.8 Å².